The van der Waals surface area contributed by atoms with E-state index in [0.29, 0.717) is 38.1 Å². The van der Waals surface area contributed by atoms with Gasteiger partial charge in [0.2, 0.25) is 0 Å². The van der Waals surface area contributed by atoms with Crippen molar-refractivity contribution in [3.05, 3.63) is 53.7 Å². The number of rotatable bonds is 12. The summed E-state index contributed by atoms with van der Waals surface area (Å²) in [5.41, 5.74) is 2.26. The minimum atomic E-state index is -0.0912. The summed E-state index contributed by atoms with van der Waals surface area (Å²) < 4.78 is 15.9. The Morgan fingerprint density at radius 2 is 2.00 bits per heavy atom. The fraction of sp³-hybridized carbons (Fsp3) is 0.478. The van der Waals surface area contributed by atoms with Gasteiger partial charge in [-0.2, -0.15) is 0 Å². The molecule has 1 saturated carbocycles. The molecule has 6 nitrogen and oxygen atoms in total. The first-order valence-electron chi connectivity index (χ1n) is 10.3. The molecule has 156 valence electrons. The molecule has 1 aromatic carbocycles. The van der Waals surface area contributed by atoms with Crippen molar-refractivity contribution in [2.24, 2.45) is 5.92 Å². The predicted octanol–water partition coefficient (Wildman–Crippen LogP) is 3.82. The van der Waals surface area contributed by atoms with Gasteiger partial charge in [0, 0.05) is 32.2 Å². The molecule has 0 radical (unpaired) electrons. The number of aromatic nitrogens is 1. The number of nitrogens with zero attached hydrogens (tertiary/aromatic N) is 1. The largest absolute Gasteiger partial charge is 0.493 e. The molecule has 0 aliphatic heterocycles. The highest BCUT2D eigenvalue weighted by molar-refractivity contribution is 5.70. The summed E-state index contributed by atoms with van der Waals surface area (Å²) >= 11 is 0. The number of carbonyl (C=O) groups is 1. The van der Waals surface area contributed by atoms with E-state index in [1.165, 1.54) is 5.56 Å². The van der Waals surface area contributed by atoms with Gasteiger partial charge in [0.1, 0.15) is 11.6 Å². The van der Waals surface area contributed by atoms with E-state index >= 15 is 0 Å². The summed E-state index contributed by atoms with van der Waals surface area (Å²) in [6.07, 6.45) is 2.31. The average Bonchev–Trinajstić information content (AvgIpc) is 3.48. The molecule has 2 unspecified atom stereocenters. The van der Waals surface area contributed by atoms with Crippen molar-refractivity contribution >= 4 is 11.8 Å². The summed E-state index contributed by atoms with van der Waals surface area (Å²) in [5, 5.41) is 3.23. The second-order valence-corrected chi connectivity index (χ2v) is 7.21. The van der Waals surface area contributed by atoms with Crippen LogP contribution in [0.25, 0.3) is 0 Å². The van der Waals surface area contributed by atoms with Crippen LogP contribution in [0.3, 0.4) is 0 Å². The molecule has 3 rings (SSSR count). The van der Waals surface area contributed by atoms with Crippen LogP contribution < -0.4 is 10.1 Å². The van der Waals surface area contributed by atoms with E-state index < -0.39 is 0 Å². The maximum Gasteiger partial charge on any atom is 0.306 e. The fourth-order valence-corrected chi connectivity index (χ4v) is 3.40. The lowest BCUT2D eigenvalue weighted by atomic mass is 10.1. The number of anilines is 1. The van der Waals surface area contributed by atoms with Gasteiger partial charge in [0.25, 0.3) is 0 Å². The Labute approximate surface area is 172 Å². The molecule has 1 aliphatic rings. The van der Waals surface area contributed by atoms with Crippen LogP contribution in [0.5, 0.6) is 5.75 Å². The van der Waals surface area contributed by atoms with Gasteiger partial charge in [-0.3, -0.25) is 4.79 Å². The number of nitrogens with one attached hydrogen (secondary N) is 1. The highest BCUT2D eigenvalue weighted by Crippen LogP contribution is 2.49. The van der Waals surface area contributed by atoms with E-state index in [-0.39, 0.29) is 5.97 Å². The van der Waals surface area contributed by atoms with Gasteiger partial charge in [-0.05, 0) is 55.0 Å². The van der Waals surface area contributed by atoms with Crippen LogP contribution in [0.2, 0.25) is 0 Å². The summed E-state index contributed by atoms with van der Waals surface area (Å²) in [5.74, 6) is 2.49. The Balaban J connectivity index is 1.41. The molecule has 2 atom stereocenters. The summed E-state index contributed by atoms with van der Waals surface area (Å²) in [7, 11) is 1.68. The molecular weight excluding hydrogens is 368 g/mol. The number of methoxy groups -OCH3 is 1. The predicted molar refractivity (Wildman–Crippen MR) is 112 cm³/mol. The van der Waals surface area contributed by atoms with Gasteiger partial charge >= 0.3 is 5.97 Å². The molecule has 29 heavy (non-hydrogen) atoms. The first-order chi connectivity index (χ1) is 14.2. The van der Waals surface area contributed by atoms with Crippen LogP contribution in [0.1, 0.15) is 36.9 Å². The summed E-state index contributed by atoms with van der Waals surface area (Å²) in [6, 6.07) is 14.2. The van der Waals surface area contributed by atoms with E-state index in [0.717, 1.165) is 36.6 Å². The quantitative estimate of drug-likeness (QED) is 0.433. The number of carbonyl (C=O) groups excluding carboxylic acids is 1. The third kappa shape index (κ3) is 6.75. The molecule has 2 aromatic rings. The van der Waals surface area contributed by atoms with Crippen LogP contribution >= 0.6 is 0 Å². The Bertz CT molecular complexity index is 779. The third-order valence-electron chi connectivity index (χ3n) is 5.01. The normalized spacial score (nSPS) is 17.6. The fourth-order valence-electron chi connectivity index (χ4n) is 3.40. The maximum absolute atomic E-state index is 11.6. The first kappa shape index (κ1) is 21.1. The average molecular weight is 399 g/mol. The van der Waals surface area contributed by atoms with Crippen molar-refractivity contribution in [3.63, 3.8) is 0 Å². The van der Waals surface area contributed by atoms with Crippen molar-refractivity contribution in [2.75, 3.05) is 38.8 Å². The molecular formula is C23H30N2O4. The van der Waals surface area contributed by atoms with Gasteiger partial charge in [-0.25, -0.2) is 4.98 Å². The topological polar surface area (TPSA) is 69.7 Å². The van der Waals surface area contributed by atoms with Gasteiger partial charge in [0.15, 0.2) is 0 Å². The molecule has 1 aliphatic carbocycles. The van der Waals surface area contributed by atoms with Crippen molar-refractivity contribution in [1.29, 1.82) is 0 Å². The maximum atomic E-state index is 11.6. The standard InChI is InChI=1S/C23H30N2O4/c1-3-28-23(26)16-18-15-21(18)17-7-9-20(10-8-17)29-13-11-19-5-4-6-22(25-19)24-12-14-27-2/h4-10,18,21H,3,11-16H2,1-2H3,(H,24,25). The number of ether oxygens (including phenoxy) is 3. The lowest BCUT2D eigenvalue weighted by Gasteiger charge is -2.09. The molecule has 1 aromatic heterocycles. The number of pyridine rings is 1. The monoisotopic (exact) mass is 398 g/mol. The molecule has 1 N–H and O–H groups in total. The van der Waals surface area contributed by atoms with Gasteiger partial charge in [-0.15, -0.1) is 0 Å². The Hall–Kier alpha value is -2.60. The minimum Gasteiger partial charge on any atom is -0.493 e. The zero-order chi connectivity index (χ0) is 20.5. The highest BCUT2D eigenvalue weighted by atomic mass is 16.5. The number of hydrogen-bond donors (Lipinski definition) is 1. The SMILES string of the molecule is CCOC(=O)CC1CC1c1ccc(OCCc2cccc(NCCOC)n2)cc1. The van der Waals surface area contributed by atoms with E-state index in [1.54, 1.807) is 7.11 Å². The summed E-state index contributed by atoms with van der Waals surface area (Å²) in [4.78, 5) is 16.2. The lowest BCUT2D eigenvalue weighted by Crippen LogP contribution is -2.10. The van der Waals surface area contributed by atoms with Crippen LogP contribution in [0.15, 0.2) is 42.5 Å². The number of benzene rings is 1. The van der Waals surface area contributed by atoms with E-state index in [1.807, 2.05) is 37.3 Å². The Kier molecular flexibility index (Phi) is 7.87. The Morgan fingerprint density at radius 3 is 2.76 bits per heavy atom. The molecule has 0 amide bonds. The van der Waals surface area contributed by atoms with Crippen molar-refractivity contribution < 1.29 is 19.0 Å². The van der Waals surface area contributed by atoms with E-state index in [2.05, 4.69) is 22.4 Å². The van der Waals surface area contributed by atoms with Crippen LogP contribution in [0, 0.1) is 5.92 Å². The highest BCUT2D eigenvalue weighted by Gasteiger charge is 2.39. The van der Waals surface area contributed by atoms with Crippen LogP contribution in [-0.2, 0) is 20.7 Å². The Morgan fingerprint density at radius 1 is 1.17 bits per heavy atom. The zero-order valence-electron chi connectivity index (χ0n) is 17.2. The molecule has 6 heteroatoms. The van der Waals surface area contributed by atoms with Crippen molar-refractivity contribution in [1.82, 2.24) is 4.98 Å². The second kappa shape index (κ2) is 10.8. The molecule has 0 saturated heterocycles. The van der Waals surface area contributed by atoms with Gasteiger partial charge in [0.05, 0.1) is 19.8 Å². The third-order valence-corrected chi connectivity index (χ3v) is 5.01. The molecule has 1 fully saturated rings. The molecule has 0 spiro atoms. The summed E-state index contributed by atoms with van der Waals surface area (Å²) in [6.45, 7) is 4.25. The van der Waals surface area contributed by atoms with Gasteiger partial charge in [-0.1, -0.05) is 18.2 Å². The number of esters is 1. The van der Waals surface area contributed by atoms with E-state index in [4.69, 9.17) is 14.2 Å². The van der Waals surface area contributed by atoms with Crippen molar-refractivity contribution in [2.45, 2.75) is 32.1 Å². The van der Waals surface area contributed by atoms with Crippen molar-refractivity contribution in [3.8, 4) is 5.75 Å². The molecule has 0 bridgehead atoms. The lowest BCUT2D eigenvalue weighted by molar-refractivity contribution is -0.143. The second-order valence-electron chi connectivity index (χ2n) is 7.21. The minimum absolute atomic E-state index is 0.0912. The smallest absolute Gasteiger partial charge is 0.306 e. The van der Waals surface area contributed by atoms with E-state index in [9.17, 15) is 4.79 Å². The zero-order valence-corrected chi connectivity index (χ0v) is 17.2. The number of hydrogen-bond acceptors (Lipinski definition) is 6. The van der Waals surface area contributed by atoms with Crippen LogP contribution in [0.4, 0.5) is 5.82 Å². The first-order valence-corrected chi connectivity index (χ1v) is 10.3. The van der Waals surface area contributed by atoms with Gasteiger partial charge < -0.3 is 19.5 Å². The van der Waals surface area contributed by atoms with Crippen LogP contribution in [-0.4, -0.2) is 44.4 Å². The molecule has 1 heterocycles.